The first-order valence-electron chi connectivity index (χ1n) is 13.5. The summed E-state index contributed by atoms with van der Waals surface area (Å²) in [4.78, 5) is 31.5. The van der Waals surface area contributed by atoms with E-state index in [9.17, 15) is 9.59 Å². The fourth-order valence-corrected chi connectivity index (χ4v) is 5.88. The number of carbonyl (C=O) groups is 1. The van der Waals surface area contributed by atoms with Crippen molar-refractivity contribution in [2.45, 2.75) is 25.8 Å². The minimum atomic E-state index is -0.0960. The van der Waals surface area contributed by atoms with E-state index < -0.39 is 0 Å². The molecule has 3 heterocycles. The van der Waals surface area contributed by atoms with Gasteiger partial charge in [-0.05, 0) is 55.7 Å². The SMILES string of the molecule is COc1ccc(-n2c(-c3ccccc3)cc(C(=O)N3CCC(n4c(=O)[nH]c5ccccc54)CC3)c2C)cc1OC. The minimum Gasteiger partial charge on any atom is -0.493 e. The average Bonchev–Trinajstić information content (AvgIpc) is 3.52. The predicted octanol–water partition coefficient (Wildman–Crippen LogP) is 5.59. The number of para-hydroxylation sites is 2. The first-order valence-corrected chi connectivity index (χ1v) is 13.5. The van der Waals surface area contributed by atoms with E-state index in [0.717, 1.165) is 33.7 Å². The van der Waals surface area contributed by atoms with Crippen LogP contribution in [0, 0.1) is 6.92 Å². The van der Waals surface area contributed by atoms with Gasteiger partial charge in [0, 0.05) is 36.6 Å². The number of aromatic amines is 1. The number of hydrogen-bond acceptors (Lipinski definition) is 4. The summed E-state index contributed by atoms with van der Waals surface area (Å²) in [5.74, 6) is 1.26. The summed E-state index contributed by atoms with van der Waals surface area (Å²) < 4.78 is 15.0. The third kappa shape index (κ3) is 4.35. The van der Waals surface area contributed by atoms with Gasteiger partial charge in [-0.25, -0.2) is 4.79 Å². The molecule has 0 bridgehead atoms. The second-order valence-corrected chi connectivity index (χ2v) is 10.1. The molecule has 0 spiro atoms. The molecule has 1 fully saturated rings. The molecule has 6 rings (SSSR count). The third-order valence-electron chi connectivity index (χ3n) is 7.91. The smallest absolute Gasteiger partial charge is 0.326 e. The number of nitrogens with one attached hydrogen (secondary N) is 1. The number of piperidine rings is 1. The van der Waals surface area contributed by atoms with E-state index in [-0.39, 0.29) is 17.6 Å². The molecular weight excluding hydrogens is 504 g/mol. The Kier molecular flexibility index (Phi) is 6.67. The van der Waals surface area contributed by atoms with Gasteiger partial charge in [-0.3, -0.25) is 9.36 Å². The molecule has 0 unspecified atom stereocenters. The molecule has 1 aliphatic heterocycles. The van der Waals surface area contributed by atoms with Gasteiger partial charge in [0.25, 0.3) is 5.91 Å². The number of imidazole rings is 1. The average molecular weight is 537 g/mol. The molecule has 3 aromatic carbocycles. The predicted molar refractivity (Wildman–Crippen MR) is 156 cm³/mol. The summed E-state index contributed by atoms with van der Waals surface area (Å²) in [6.45, 7) is 3.14. The molecule has 1 aliphatic rings. The Morgan fingerprint density at radius 2 is 1.57 bits per heavy atom. The lowest BCUT2D eigenvalue weighted by atomic mass is 10.0. The Balaban J connectivity index is 1.32. The van der Waals surface area contributed by atoms with E-state index in [0.29, 0.717) is 43.0 Å². The van der Waals surface area contributed by atoms with E-state index in [1.54, 1.807) is 14.2 Å². The monoisotopic (exact) mass is 536 g/mol. The van der Waals surface area contributed by atoms with Crippen LogP contribution in [0.1, 0.15) is 34.9 Å². The number of nitrogens with zero attached hydrogens (tertiary/aromatic N) is 3. The van der Waals surface area contributed by atoms with Crippen molar-refractivity contribution in [1.82, 2.24) is 19.0 Å². The van der Waals surface area contributed by atoms with Gasteiger partial charge in [0.15, 0.2) is 11.5 Å². The van der Waals surface area contributed by atoms with Crippen molar-refractivity contribution in [2.24, 2.45) is 0 Å². The maximum Gasteiger partial charge on any atom is 0.326 e. The number of likely N-dealkylation sites (tertiary alicyclic amines) is 1. The summed E-state index contributed by atoms with van der Waals surface area (Å²) >= 11 is 0. The van der Waals surface area contributed by atoms with E-state index in [4.69, 9.17) is 9.47 Å². The number of rotatable bonds is 6. The van der Waals surface area contributed by atoms with Crippen LogP contribution in [-0.2, 0) is 0 Å². The van der Waals surface area contributed by atoms with Gasteiger partial charge in [-0.1, -0.05) is 42.5 Å². The van der Waals surface area contributed by atoms with Gasteiger partial charge >= 0.3 is 5.69 Å². The van der Waals surface area contributed by atoms with E-state index >= 15 is 0 Å². The van der Waals surface area contributed by atoms with E-state index in [2.05, 4.69) is 9.55 Å². The first kappa shape index (κ1) is 25.6. The standard InChI is InChI=1S/C32H32N4O4/c1-21-25(31(37)34-17-15-23(16-18-34)36-27-12-8-7-11-26(27)33-32(36)38)20-28(22-9-5-4-6-10-22)35(21)24-13-14-29(39-2)30(19-24)40-3/h4-14,19-20,23H,15-18H2,1-3H3,(H,33,38). The second kappa shape index (κ2) is 10.4. The Bertz CT molecular complexity index is 1740. The van der Waals surface area contributed by atoms with E-state index in [1.807, 2.05) is 95.3 Å². The van der Waals surface area contributed by atoms with Crippen LogP contribution >= 0.6 is 0 Å². The van der Waals surface area contributed by atoms with Crippen LogP contribution in [0.15, 0.2) is 83.7 Å². The fourth-order valence-electron chi connectivity index (χ4n) is 5.88. The molecule has 1 N–H and O–H groups in total. The van der Waals surface area contributed by atoms with Gasteiger partial charge < -0.3 is 23.9 Å². The summed E-state index contributed by atoms with van der Waals surface area (Å²) in [6, 6.07) is 25.6. The van der Waals surface area contributed by atoms with Gasteiger partial charge in [0.1, 0.15) is 0 Å². The minimum absolute atomic E-state index is 0.00127. The largest absolute Gasteiger partial charge is 0.493 e. The molecule has 0 aliphatic carbocycles. The Morgan fingerprint density at radius 3 is 2.30 bits per heavy atom. The maximum absolute atomic E-state index is 13.9. The Morgan fingerprint density at radius 1 is 0.875 bits per heavy atom. The normalized spacial score (nSPS) is 14.0. The molecular formula is C32H32N4O4. The van der Waals surface area contributed by atoms with Gasteiger partial charge in [-0.2, -0.15) is 0 Å². The number of carbonyl (C=O) groups excluding carboxylic acids is 1. The van der Waals surface area contributed by atoms with Crippen molar-refractivity contribution in [3.05, 3.63) is 101 Å². The topological polar surface area (TPSA) is 81.5 Å². The number of methoxy groups -OCH3 is 2. The van der Waals surface area contributed by atoms with Crippen LogP contribution in [0.3, 0.4) is 0 Å². The van der Waals surface area contributed by atoms with Crippen LogP contribution < -0.4 is 15.2 Å². The lowest BCUT2D eigenvalue weighted by Crippen LogP contribution is -2.40. The van der Waals surface area contributed by atoms with Crippen LogP contribution in [0.2, 0.25) is 0 Å². The van der Waals surface area contributed by atoms with E-state index in [1.165, 1.54) is 0 Å². The number of H-pyrrole nitrogens is 1. The summed E-state index contributed by atoms with van der Waals surface area (Å²) in [5, 5.41) is 0. The van der Waals surface area contributed by atoms with Crippen molar-refractivity contribution in [1.29, 1.82) is 0 Å². The molecule has 0 atom stereocenters. The summed E-state index contributed by atoms with van der Waals surface area (Å²) in [7, 11) is 3.23. The van der Waals surface area contributed by atoms with Crippen molar-refractivity contribution in [3.8, 4) is 28.4 Å². The maximum atomic E-state index is 13.9. The number of aromatic nitrogens is 3. The van der Waals surface area contributed by atoms with Crippen LogP contribution in [0.5, 0.6) is 11.5 Å². The zero-order chi connectivity index (χ0) is 27.8. The summed E-state index contributed by atoms with van der Waals surface area (Å²) in [6.07, 6.45) is 1.43. The zero-order valence-electron chi connectivity index (χ0n) is 22.9. The zero-order valence-corrected chi connectivity index (χ0v) is 22.9. The highest BCUT2D eigenvalue weighted by atomic mass is 16.5. The molecule has 204 valence electrons. The van der Waals surface area contributed by atoms with Crippen molar-refractivity contribution in [3.63, 3.8) is 0 Å². The Labute approximate surface area is 232 Å². The lowest BCUT2D eigenvalue weighted by Gasteiger charge is -2.32. The molecule has 2 aromatic heterocycles. The molecule has 8 heteroatoms. The van der Waals surface area contributed by atoms with Crippen molar-refractivity contribution in [2.75, 3.05) is 27.3 Å². The van der Waals surface area contributed by atoms with Gasteiger partial charge in [0.05, 0.1) is 36.5 Å². The van der Waals surface area contributed by atoms with Crippen LogP contribution in [0.4, 0.5) is 0 Å². The van der Waals surface area contributed by atoms with Crippen LogP contribution in [0.25, 0.3) is 28.0 Å². The lowest BCUT2D eigenvalue weighted by molar-refractivity contribution is 0.0694. The number of fused-ring (bicyclic) bond motifs is 1. The highest BCUT2D eigenvalue weighted by Crippen LogP contribution is 2.35. The van der Waals surface area contributed by atoms with Crippen molar-refractivity contribution >= 4 is 16.9 Å². The van der Waals surface area contributed by atoms with Crippen LogP contribution in [-0.4, -0.2) is 52.2 Å². The molecule has 8 nitrogen and oxygen atoms in total. The molecule has 1 saturated heterocycles. The van der Waals surface area contributed by atoms with Gasteiger partial charge in [-0.15, -0.1) is 0 Å². The number of ether oxygens (including phenoxy) is 2. The summed E-state index contributed by atoms with van der Waals surface area (Å²) in [5.41, 5.74) is 5.99. The molecule has 5 aromatic rings. The Hall–Kier alpha value is -4.72. The fraction of sp³-hybridized carbons (Fsp3) is 0.250. The van der Waals surface area contributed by atoms with Crippen molar-refractivity contribution < 1.29 is 14.3 Å². The quantitative estimate of drug-likeness (QED) is 0.307. The third-order valence-corrected chi connectivity index (χ3v) is 7.91. The van der Waals surface area contributed by atoms with Gasteiger partial charge in [0.2, 0.25) is 0 Å². The number of hydrogen-bond donors (Lipinski definition) is 1. The molecule has 0 radical (unpaired) electrons. The number of amides is 1. The first-order chi connectivity index (χ1) is 19.5. The molecule has 1 amide bonds. The second-order valence-electron chi connectivity index (χ2n) is 10.1. The molecule has 40 heavy (non-hydrogen) atoms. The highest BCUT2D eigenvalue weighted by molar-refractivity contribution is 5.97. The number of benzene rings is 3. The molecule has 0 saturated carbocycles. The highest BCUT2D eigenvalue weighted by Gasteiger charge is 2.29.